The number of nitro benzene ring substituents is 1. The maximum atomic E-state index is 11.0. The highest BCUT2D eigenvalue weighted by molar-refractivity contribution is 5.67. The third-order valence-corrected chi connectivity index (χ3v) is 3.16. The molecule has 1 heterocycles. The molecule has 0 bridgehead atoms. The molecular formula is C18H22N2O5. The number of benzene rings is 1. The molecule has 0 aliphatic rings. The van der Waals surface area contributed by atoms with Crippen molar-refractivity contribution in [1.82, 2.24) is 0 Å². The number of carbonyl (C=O) groups is 1. The van der Waals surface area contributed by atoms with Crippen LogP contribution in [0.3, 0.4) is 0 Å². The lowest BCUT2D eigenvalue weighted by Gasteiger charge is -2.07. The van der Waals surface area contributed by atoms with E-state index in [0.29, 0.717) is 12.4 Å². The van der Waals surface area contributed by atoms with Crippen LogP contribution in [0, 0.1) is 10.1 Å². The standard InChI is InChI=1S/C16H19N2O3.C2H4O2/c1-3-9-17-10-7-13(8-11-17)14-5-6-15(18(19)20)16(12-14)21-4-2;1-2(3)4/h5-8,10-12H,3-4,9H2,1-2H3;1H3,(H,3,4)/q+1;/p-1. The maximum Gasteiger partial charge on any atom is 0.310 e. The van der Waals surface area contributed by atoms with E-state index in [9.17, 15) is 10.1 Å². The number of hydrogen-bond donors (Lipinski definition) is 0. The van der Waals surface area contributed by atoms with E-state index in [1.807, 2.05) is 31.5 Å². The van der Waals surface area contributed by atoms with Gasteiger partial charge >= 0.3 is 5.69 Å². The largest absolute Gasteiger partial charge is 0.550 e. The average Bonchev–Trinajstić information content (AvgIpc) is 2.55. The second-order valence-electron chi connectivity index (χ2n) is 5.19. The van der Waals surface area contributed by atoms with Crippen molar-refractivity contribution in [3.05, 3.63) is 52.8 Å². The number of carbonyl (C=O) groups excluding carboxylic acids is 1. The fourth-order valence-corrected chi connectivity index (χ4v) is 2.17. The summed E-state index contributed by atoms with van der Waals surface area (Å²) >= 11 is 0. The molecule has 0 unspecified atom stereocenters. The first-order valence-corrected chi connectivity index (χ1v) is 7.97. The van der Waals surface area contributed by atoms with Crippen molar-refractivity contribution >= 4 is 11.7 Å². The number of aromatic nitrogens is 1. The lowest BCUT2D eigenvalue weighted by Crippen LogP contribution is -2.31. The van der Waals surface area contributed by atoms with Crippen molar-refractivity contribution in [3.63, 3.8) is 0 Å². The van der Waals surface area contributed by atoms with E-state index in [1.54, 1.807) is 12.1 Å². The van der Waals surface area contributed by atoms with Crippen molar-refractivity contribution < 1.29 is 24.1 Å². The van der Waals surface area contributed by atoms with Crippen LogP contribution in [0.5, 0.6) is 5.75 Å². The van der Waals surface area contributed by atoms with Gasteiger partial charge in [0.2, 0.25) is 0 Å². The smallest absolute Gasteiger partial charge is 0.310 e. The Bertz CT molecular complexity index is 710. The number of nitro groups is 1. The summed E-state index contributed by atoms with van der Waals surface area (Å²) < 4.78 is 7.49. The van der Waals surface area contributed by atoms with E-state index in [-0.39, 0.29) is 5.69 Å². The number of nitrogens with zero attached hydrogens (tertiary/aromatic N) is 2. The van der Waals surface area contributed by atoms with Crippen LogP contribution >= 0.6 is 0 Å². The fraction of sp³-hybridized carbons (Fsp3) is 0.333. The van der Waals surface area contributed by atoms with Crippen LogP contribution in [0.25, 0.3) is 11.1 Å². The summed E-state index contributed by atoms with van der Waals surface area (Å²) in [6.45, 7) is 6.29. The minimum Gasteiger partial charge on any atom is -0.550 e. The molecule has 0 spiro atoms. The van der Waals surface area contributed by atoms with Crippen LogP contribution in [0.4, 0.5) is 5.69 Å². The Kier molecular flexibility index (Phi) is 8.05. The lowest BCUT2D eigenvalue weighted by molar-refractivity contribution is -0.696. The van der Waals surface area contributed by atoms with E-state index in [2.05, 4.69) is 11.5 Å². The quantitative estimate of drug-likeness (QED) is 0.453. The molecule has 0 radical (unpaired) electrons. The Morgan fingerprint density at radius 1 is 1.16 bits per heavy atom. The molecule has 0 saturated carbocycles. The van der Waals surface area contributed by atoms with Gasteiger partial charge in [-0.2, -0.15) is 0 Å². The van der Waals surface area contributed by atoms with Gasteiger partial charge < -0.3 is 14.6 Å². The van der Waals surface area contributed by atoms with E-state index >= 15 is 0 Å². The highest BCUT2D eigenvalue weighted by Crippen LogP contribution is 2.32. The molecule has 0 amide bonds. The molecule has 1 aromatic heterocycles. The van der Waals surface area contributed by atoms with Crippen molar-refractivity contribution in [2.45, 2.75) is 33.7 Å². The Hall–Kier alpha value is -2.96. The molecule has 2 aromatic rings. The Morgan fingerprint density at radius 3 is 2.24 bits per heavy atom. The van der Waals surface area contributed by atoms with Crippen molar-refractivity contribution in [3.8, 4) is 16.9 Å². The van der Waals surface area contributed by atoms with Crippen LogP contribution in [-0.4, -0.2) is 17.5 Å². The fourth-order valence-electron chi connectivity index (χ4n) is 2.17. The third-order valence-electron chi connectivity index (χ3n) is 3.16. The van der Waals surface area contributed by atoms with Crippen LogP contribution in [0.15, 0.2) is 42.7 Å². The number of aliphatic carboxylic acids is 1. The molecule has 0 aliphatic carbocycles. The minimum atomic E-state index is -1.08. The summed E-state index contributed by atoms with van der Waals surface area (Å²) in [5, 5.41) is 19.9. The highest BCUT2D eigenvalue weighted by Gasteiger charge is 2.16. The summed E-state index contributed by atoms with van der Waals surface area (Å²) in [5.41, 5.74) is 1.92. The Labute approximate surface area is 146 Å². The van der Waals surface area contributed by atoms with E-state index in [1.165, 1.54) is 6.07 Å². The normalized spacial score (nSPS) is 9.72. The van der Waals surface area contributed by atoms with Gasteiger partial charge in [0.15, 0.2) is 18.1 Å². The van der Waals surface area contributed by atoms with Gasteiger partial charge in [-0.25, -0.2) is 4.57 Å². The summed E-state index contributed by atoms with van der Waals surface area (Å²) in [4.78, 5) is 19.5. The third kappa shape index (κ3) is 6.58. The topological polar surface area (TPSA) is 96.4 Å². The zero-order chi connectivity index (χ0) is 18.8. The van der Waals surface area contributed by atoms with Crippen molar-refractivity contribution in [2.75, 3.05) is 6.61 Å². The summed E-state index contributed by atoms with van der Waals surface area (Å²) in [7, 11) is 0. The number of hydrogen-bond acceptors (Lipinski definition) is 5. The highest BCUT2D eigenvalue weighted by atomic mass is 16.6. The molecule has 2 rings (SSSR count). The van der Waals surface area contributed by atoms with E-state index in [4.69, 9.17) is 14.6 Å². The predicted octanol–water partition coefficient (Wildman–Crippen LogP) is 2.11. The number of pyridine rings is 1. The first-order valence-electron chi connectivity index (χ1n) is 7.97. The molecule has 0 saturated heterocycles. The zero-order valence-corrected chi connectivity index (χ0v) is 14.6. The molecule has 0 fully saturated rings. The average molecular weight is 346 g/mol. The van der Waals surface area contributed by atoms with Crippen LogP contribution < -0.4 is 14.4 Å². The molecule has 1 aromatic carbocycles. The molecule has 0 N–H and O–H groups in total. The van der Waals surface area contributed by atoms with Crippen LogP contribution in [-0.2, 0) is 11.3 Å². The second kappa shape index (κ2) is 10.0. The molecule has 7 nitrogen and oxygen atoms in total. The summed E-state index contributed by atoms with van der Waals surface area (Å²) in [5.74, 6) is -0.773. The van der Waals surface area contributed by atoms with Gasteiger partial charge in [-0.3, -0.25) is 10.1 Å². The van der Waals surface area contributed by atoms with E-state index < -0.39 is 10.9 Å². The van der Waals surface area contributed by atoms with Gasteiger partial charge in [0.1, 0.15) is 6.54 Å². The SMILES string of the molecule is CC(=O)[O-].CCC[n+]1ccc(-c2ccc([N+](=O)[O-])c(OCC)c2)cc1. The Morgan fingerprint density at radius 2 is 1.76 bits per heavy atom. The molecule has 134 valence electrons. The van der Waals surface area contributed by atoms with Gasteiger partial charge in [0.25, 0.3) is 0 Å². The summed E-state index contributed by atoms with van der Waals surface area (Å²) in [6.07, 6.45) is 5.11. The van der Waals surface area contributed by atoms with Crippen molar-refractivity contribution in [1.29, 1.82) is 0 Å². The van der Waals surface area contributed by atoms with Gasteiger partial charge in [-0.15, -0.1) is 0 Å². The summed E-state index contributed by atoms with van der Waals surface area (Å²) in [6, 6.07) is 8.98. The maximum absolute atomic E-state index is 11.0. The van der Waals surface area contributed by atoms with Gasteiger partial charge in [-0.05, 0) is 37.1 Å². The number of aryl methyl sites for hydroxylation is 1. The second-order valence-corrected chi connectivity index (χ2v) is 5.19. The molecule has 25 heavy (non-hydrogen) atoms. The lowest BCUT2D eigenvalue weighted by atomic mass is 10.1. The molecule has 7 heteroatoms. The zero-order valence-electron chi connectivity index (χ0n) is 14.6. The molecule has 0 atom stereocenters. The van der Waals surface area contributed by atoms with E-state index in [0.717, 1.165) is 31.0 Å². The van der Waals surface area contributed by atoms with Gasteiger partial charge in [-0.1, -0.05) is 6.92 Å². The monoisotopic (exact) mass is 346 g/mol. The van der Waals surface area contributed by atoms with Crippen molar-refractivity contribution in [2.24, 2.45) is 0 Å². The number of ether oxygens (including phenoxy) is 1. The number of carboxylic acids is 1. The first kappa shape index (κ1) is 20.1. The van der Waals surface area contributed by atoms with Gasteiger partial charge in [0, 0.05) is 30.6 Å². The van der Waals surface area contributed by atoms with Crippen LogP contribution in [0.2, 0.25) is 0 Å². The number of rotatable bonds is 6. The molecule has 0 aliphatic heterocycles. The number of carboxylic acid groups (broad SMARTS) is 1. The minimum absolute atomic E-state index is 0.00224. The van der Waals surface area contributed by atoms with Gasteiger partial charge in [0.05, 0.1) is 11.5 Å². The Balaban J connectivity index is 0.000000705. The predicted molar refractivity (Wildman–Crippen MR) is 90.9 cm³/mol. The molecular weight excluding hydrogens is 324 g/mol. The van der Waals surface area contributed by atoms with Crippen LogP contribution in [0.1, 0.15) is 27.2 Å². The first-order chi connectivity index (χ1) is 11.9.